The molecule has 3 aliphatic rings. The second-order valence-corrected chi connectivity index (χ2v) is 7.43. The van der Waals surface area contributed by atoms with E-state index in [0.29, 0.717) is 12.0 Å². The average molecular weight is 414 g/mol. The van der Waals surface area contributed by atoms with E-state index >= 15 is 0 Å². The first-order valence-electron chi connectivity index (χ1n) is 9.36. The maximum absolute atomic E-state index is 12.1. The maximum Gasteiger partial charge on any atom is 0.337 e. The number of hydrogen-bond donors (Lipinski definition) is 4. The summed E-state index contributed by atoms with van der Waals surface area (Å²) in [5.41, 5.74) is 1.03. The van der Waals surface area contributed by atoms with Crippen LogP contribution in [-0.2, 0) is 28.5 Å². The topological polar surface area (TPSA) is 152 Å². The Hall–Kier alpha value is -1.82. The third kappa shape index (κ3) is 4.23. The predicted molar refractivity (Wildman–Crippen MR) is 94.8 cm³/mol. The molecule has 0 aromatic heterocycles. The van der Waals surface area contributed by atoms with Crippen LogP contribution in [0, 0.1) is 11.8 Å². The monoisotopic (exact) mass is 414 g/mol. The van der Waals surface area contributed by atoms with Crippen molar-refractivity contribution in [1.29, 1.82) is 0 Å². The van der Waals surface area contributed by atoms with Gasteiger partial charge >= 0.3 is 5.97 Å². The van der Waals surface area contributed by atoms with Crippen LogP contribution < -0.4 is 0 Å². The van der Waals surface area contributed by atoms with Gasteiger partial charge in [-0.2, -0.15) is 0 Å². The number of aliphatic hydroxyl groups excluding tert-OH is 4. The first kappa shape index (κ1) is 21.9. The summed E-state index contributed by atoms with van der Waals surface area (Å²) in [4.78, 5) is 23.8. The van der Waals surface area contributed by atoms with Crippen LogP contribution in [0.1, 0.15) is 19.8 Å². The fourth-order valence-corrected chi connectivity index (χ4v) is 4.04. The van der Waals surface area contributed by atoms with E-state index in [0.717, 1.165) is 5.57 Å². The number of aliphatic hydroxyl groups is 4. The molecule has 162 valence electrons. The highest BCUT2D eigenvalue weighted by Gasteiger charge is 2.49. The van der Waals surface area contributed by atoms with Gasteiger partial charge in [-0.3, -0.25) is 4.79 Å². The Morgan fingerprint density at radius 1 is 1.17 bits per heavy atom. The Bertz CT molecular complexity index is 699. The van der Waals surface area contributed by atoms with Gasteiger partial charge in [-0.25, -0.2) is 4.79 Å². The summed E-state index contributed by atoms with van der Waals surface area (Å²) in [6, 6.07) is 0. The molecule has 2 heterocycles. The normalized spacial score (nSPS) is 39.1. The molecule has 1 aliphatic carbocycles. The lowest BCUT2D eigenvalue weighted by Crippen LogP contribution is -2.60. The van der Waals surface area contributed by atoms with E-state index in [-0.39, 0.29) is 18.1 Å². The van der Waals surface area contributed by atoms with Gasteiger partial charge in [-0.15, -0.1) is 0 Å². The van der Waals surface area contributed by atoms with Crippen LogP contribution in [-0.4, -0.2) is 82.9 Å². The smallest absolute Gasteiger partial charge is 0.337 e. The lowest BCUT2D eigenvalue weighted by Gasteiger charge is -2.43. The average Bonchev–Trinajstić information content (AvgIpc) is 3.11. The van der Waals surface area contributed by atoms with Gasteiger partial charge in [0, 0.05) is 12.3 Å². The molecule has 0 unspecified atom stereocenters. The number of fused-ring (bicyclic) bond motifs is 1. The molecule has 2 aliphatic heterocycles. The summed E-state index contributed by atoms with van der Waals surface area (Å²) in [6.45, 7) is 0.854. The van der Waals surface area contributed by atoms with Crippen LogP contribution in [0.15, 0.2) is 23.5 Å². The molecule has 10 nitrogen and oxygen atoms in total. The van der Waals surface area contributed by atoms with E-state index in [1.54, 1.807) is 0 Å². The number of ether oxygens (including phenoxy) is 4. The Morgan fingerprint density at radius 2 is 1.90 bits per heavy atom. The molecule has 4 N–H and O–H groups in total. The van der Waals surface area contributed by atoms with E-state index in [1.807, 2.05) is 6.08 Å². The molecular formula is C19H26O10. The van der Waals surface area contributed by atoms with Gasteiger partial charge in [0.1, 0.15) is 30.2 Å². The van der Waals surface area contributed by atoms with Crippen LogP contribution >= 0.6 is 0 Å². The zero-order chi connectivity index (χ0) is 21.3. The van der Waals surface area contributed by atoms with Gasteiger partial charge in [0.05, 0.1) is 31.5 Å². The van der Waals surface area contributed by atoms with Crippen LogP contribution in [0.2, 0.25) is 0 Å². The van der Waals surface area contributed by atoms with Crippen molar-refractivity contribution in [3.8, 4) is 0 Å². The zero-order valence-electron chi connectivity index (χ0n) is 16.1. The van der Waals surface area contributed by atoms with Crippen molar-refractivity contribution in [3.63, 3.8) is 0 Å². The second-order valence-electron chi connectivity index (χ2n) is 7.43. The minimum absolute atomic E-state index is 0.0716. The number of esters is 1. The largest absolute Gasteiger partial charge is 0.471 e. The Balaban J connectivity index is 1.83. The molecule has 3 rings (SSSR count). The summed E-state index contributed by atoms with van der Waals surface area (Å²) in [5.74, 6) is -1.48. The first-order valence-corrected chi connectivity index (χ1v) is 9.36. The van der Waals surface area contributed by atoms with Gasteiger partial charge in [0.2, 0.25) is 6.29 Å². The van der Waals surface area contributed by atoms with E-state index < -0.39 is 55.5 Å². The third-order valence-electron chi connectivity index (χ3n) is 5.51. The summed E-state index contributed by atoms with van der Waals surface area (Å²) < 4.78 is 21.5. The number of ketones is 1. The van der Waals surface area contributed by atoms with Gasteiger partial charge in [0.25, 0.3) is 0 Å². The molecule has 29 heavy (non-hydrogen) atoms. The second kappa shape index (κ2) is 8.90. The molecule has 8 atom stereocenters. The van der Waals surface area contributed by atoms with E-state index in [1.165, 1.54) is 20.3 Å². The van der Waals surface area contributed by atoms with Crippen molar-refractivity contribution in [3.05, 3.63) is 23.5 Å². The molecule has 1 saturated heterocycles. The lowest BCUT2D eigenvalue weighted by atomic mass is 9.82. The molecule has 10 heteroatoms. The van der Waals surface area contributed by atoms with Crippen molar-refractivity contribution >= 4 is 11.8 Å². The van der Waals surface area contributed by atoms with Crippen LogP contribution in [0.3, 0.4) is 0 Å². The van der Waals surface area contributed by atoms with Gasteiger partial charge in [0.15, 0.2) is 6.29 Å². The molecule has 0 aromatic rings. The number of hydrogen-bond acceptors (Lipinski definition) is 10. The highest BCUT2D eigenvalue weighted by atomic mass is 16.8. The number of allylic oxidation sites excluding steroid dienone is 1. The summed E-state index contributed by atoms with van der Waals surface area (Å²) in [7, 11) is 1.26. The van der Waals surface area contributed by atoms with Crippen molar-refractivity contribution < 1.29 is 49.0 Å². The number of carbonyl (C=O) groups is 2. The quantitative estimate of drug-likeness (QED) is 0.307. The minimum atomic E-state index is -1.60. The van der Waals surface area contributed by atoms with Gasteiger partial charge < -0.3 is 39.4 Å². The SMILES string of the molecule is COC(=O)C1=CO[C@@H](O[C@@H]2O[C@H](CO)[C@@H](O)[C@H](O)[C@H]2O)[C@H]2C(CC(C)=O)=CC[C@@H]12. The molecule has 0 radical (unpaired) electrons. The summed E-state index contributed by atoms with van der Waals surface area (Å²) in [6.07, 6.45) is -4.55. The zero-order valence-corrected chi connectivity index (χ0v) is 16.1. The van der Waals surface area contributed by atoms with Crippen LogP contribution in [0.5, 0.6) is 0 Å². The minimum Gasteiger partial charge on any atom is -0.471 e. The van der Waals surface area contributed by atoms with Crippen molar-refractivity contribution in [2.45, 2.75) is 56.8 Å². The van der Waals surface area contributed by atoms with Crippen molar-refractivity contribution in [1.82, 2.24) is 0 Å². The summed E-state index contributed by atoms with van der Waals surface area (Å²) in [5, 5.41) is 39.4. The van der Waals surface area contributed by atoms with E-state index in [2.05, 4.69) is 0 Å². The molecule has 1 fully saturated rings. The van der Waals surface area contributed by atoms with E-state index in [9.17, 15) is 30.0 Å². The summed E-state index contributed by atoms with van der Waals surface area (Å²) >= 11 is 0. The Kier molecular flexibility index (Phi) is 6.72. The van der Waals surface area contributed by atoms with Crippen molar-refractivity contribution in [2.75, 3.05) is 13.7 Å². The van der Waals surface area contributed by atoms with Gasteiger partial charge in [-0.1, -0.05) is 11.6 Å². The van der Waals surface area contributed by atoms with Crippen LogP contribution in [0.4, 0.5) is 0 Å². The highest BCUT2D eigenvalue weighted by molar-refractivity contribution is 5.89. The van der Waals surface area contributed by atoms with Gasteiger partial charge in [-0.05, 0) is 13.3 Å². The molecular weight excluding hydrogens is 388 g/mol. The van der Waals surface area contributed by atoms with Crippen molar-refractivity contribution in [2.24, 2.45) is 11.8 Å². The Morgan fingerprint density at radius 3 is 2.52 bits per heavy atom. The molecule has 0 bridgehead atoms. The number of rotatable bonds is 6. The fraction of sp³-hybridized carbons (Fsp3) is 0.684. The molecule has 0 saturated carbocycles. The highest BCUT2D eigenvalue weighted by Crippen LogP contribution is 2.45. The number of methoxy groups -OCH3 is 1. The number of carbonyl (C=O) groups excluding carboxylic acids is 2. The maximum atomic E-state index is 12.1. The Labute approximate surface area is 167 Å². The predicted octanol–water partition coefficient (Wildman–Crippen LogP) is -1.24. The third-order valence-corrected chi connectivity index (χ3v) is 5.51. The molecule has 0 amide bonds. The standard InChI is InChI=1S/C19H26O10/c1-8(21)5-9-3-4-10-11(17(25)26-2)7-27-18(13(9)10)29-19-16(24)15(23)14(22)12(6-20)28-19/h3,7,10,12-16,18-20,22-24H,4-6H2,1-2H3/t10-,12+,13-,14+,15-,16+,18-,19-/m0/s1. The molecule has 0 spiro atoms. The number of Topliss-reactive ketones (excluding diaryl/α,β-unsaturated/α-hetero) is 1. The fourth-order valence-electron chi connectivity index (χ4n) is 4.04. The van der Waals surface area contributed by atoms with Crippen LogP contribution in [0.25, 0.3) is 0 Å². The first-order chi connectivity index (χ1) is 13.8. The lowest BCUT2D eigenvalue weighted by molar-refractivity contribution is -0.339. The molecule has 0 aromatic carbocycles. The van der Waals surface area contributed by atoms with E-state index in [4.69, 9.17) is 18.9 Å².